The molecule has 1 aliphatic rings. The Kier molecular flexibility index (Phi) is 7.46. The van der Waals surface area contributed by atoms with Gasteiger partial charge >= 0.3 is 0 Å². The van der Waals surface area contributed by atoms with E-state index in [1.54, 1.807) is 0 Å². The van der Waals surface area contributed by atoms with Crippen molar-refractivity contribution in [2.75, 3.05) is 26.3 Å². The molecule has 8 nitrogen and oxygen atoms in total. The van der Waals surface area contributed by atoms with E-state index in [0.29, 0.717) is 44.0 Å². The van der Waals surface area contributed by atoms with Gasteiger partial charge in [0.2, 0.25) is 20.0 Å². The quantitative estimate of drug-likeness (QED) is 0.509. The Hall–Kier alpha value is -2.28. The van der Waals surface area contributed by atoms with Gasteiger partial charge in [-0.25, -0.2) is 35.1 Å². The summed E-state index contributed by atoms with van der Waals surface area (Å²) in [5, 5.41) is 0. The Labute approximate surface area is 179 Å². The van der Waals surface area contributed by atoms with Gasteiger partial charge in [0.1, 0.15) is 24.8 Å². The Morgan fingerprint density at radius 2 is 1.35 bits per heavy atom. The van der Waals surface area contributed by atoms with Crippen LogP contribution < -0.4 is 18.9 Å². The Morgan fingerprint density at radius 1 is 0.774 bits per heavy atom. The number of nitrogens with one attached hydrogen (secondary N) is 2. The van der Waals surface area contributed by atoms with Crippen molar-refractivity contribution in [1.29, 1.82) is 0 Å². The average molecular weight is 477 g/mol. The lowest BCUT2D eigenvalue weighted by molar-refractivity contribution is 0.171. The van der Waals surface area contributed by atoms with E-state index in [-0.39, 0.29) is 18.0 Å². The molecular formula is C19H22F2N2O6S2. The van der Waals surface area contributed by atoms with Gasteiger partial charge in [-0.2, -0.15) is 0 Å². The molecule has 1 heterocycles. The molecule has 0 aliphatic carbocycles. The van der Waals surface area contributed by atoms with Crippen molar-refractivity contribution >= 4 is 20.0 Å². The maximum absolute atomic E-state index is 13.6. The van der Waals surface area contributed by atoms with Gasteiger partial charge in [0.05, 0.1) is 4.90 Å². The smallest absolute Gasteiger partial charge is 0.246 e. The van der Waals surface area contributed by atoms with Crippen molar-refractivity contribution in [3.05, 3.63) is 48.0 Å². The maximum Gasteiger partial charge on any atom is 0.246 e. The third-order valence-electron chi connectivity index (χ3n) is 4.45. The van der Waals surface area contributed by atoms with Gasteiger partial charge in [-0.1, -0.05) is 12.5 Å². The number of halogens is 2. The van der Waals surface area contributed by atoms with Crippen LogP contribution in [0.3, 0.4) is 0 Å². The zero-order valence-electron chi connectivity index (χ0n) is 16.4. The first-order chi connectivity index (χ1) is 14.7. The number of sulfonamides is 2. The monoisotopic (exact) mass is 476 g/mol. The third-order valence-corrected chi connectivity index (χ3v) is 7.42. The molecule has 0 atom stereocenters. The molecule has 2 N–H and O–H groups in total. The summed E-state index contributed by atoms with van der Waals surface area (Å²) in [6, 6.07) is 7.17. The lowest BCUT2D eigenvalue weighted by Gasteiger charge is -2.18. The van der Waals surface area contributed by atoms with E-state index in [9.17, 15) is 25.6 Å². The summed E-state index contributed by atoms with van der Waals surface area (Å²) in [4.78, 5) is -0.960. The SMILES string of the molecule is O=S(=O)(NCCCCCNS(=O)(=O)c1c(F)cccc1F)c1ccc2c(c1)OCCO2. The Bertz CT molecular complexity index is 1120. The minimum Gasteiger partial charge on any atom is -0.486 e. The molecule has 2 aromatic rings. The van der Waals surface area contributed by atoms with Crippen LogP contribution in [0, 0.1) is 11.6 Å². The highest BCUT2D eigenvalue weighted by molar-refractivity contribution is 7.89. The molecule has 0 amide bonds. The molecule has 0 saturated heterocycles. The fourth-order valence-corrected chi connectivity index (χ4v) is 5.22. The molecule has 1 aliphatic heterocycles. The summed E-state index contributed by atoms with van der Waals surface area (Å²) in [6.45, 7) is 0.858. The lowest BCUT2D eigenvalue weighted by atomic mass is 10.2. The highest BCUT2D eigenvalue weighted by atomic mass is 32.2. The fourth-order valence-electron chi connectivity index (χ4n) is 2.93. The first-order valence-electron chi connectivity index (χ1n) is 9.54. The van der Waals surface area contributed by atoms with E-state index in [2.05, 4.69) is 9.44 Å². The number of hydrogen-bond donors (Lipinski definition) is 2. The standard InChI is InChI=1S/C19H22F2N2O6S2/c20-15-5-4-6-16(21)19(15)31(26,27)23-10-3-1-2-9-22-30(24,25)14-7-8-17-18(13-14)29-12-11-28-17/h4-8,13,22-23H,1-3,9-12H2. The largest absolute Gasteiger partial charge is 0.486 e. The van der Waals surface area contributed by atoms with Crippen LogP contribution >= 0.6 is 0 Å². The zero-order chi connectivity index (χ0) is 22.5. The second-order valence-electron chi connectivity index (χ2n) is 6.71. The number of rotatable bonds is 10. The third kappa shape index (κ3) is 5.91. The highest BCUT2D eigenvalue weighted by Crippen LogP contribution is 2.32. The predicted molar refractivity (Wildman–Crippen MR) is 108 cm³/mol. The van der Waals surface area contributed by atoms with Crippen molar-refractivity contribution in [2.45, 2.75) is 29.1 Å². The van der Waals surface area contributed by atoms with E-state index in [0.717, 1.165) is 18.2 Å². The van der Waals surface area contributed by atoms with Crippen molar-refractivity contribution in [3.8, 4) is 11.5 Å². The molecule has 0 fully saturated rings. The molecule has 0 aromatic heterocycles. The van der Waals surface area contributed by atoms with Crippen LogP contribution in [0.5, 0.6) is 11.5 Å². The van der Waals surface area contributed by atoms with E-state index in [4.69, 9.17) is 9.47 Å². The van der Waals surface area contributed by atoms with Crippen LogP contribution in [0.25, 0.3) is 0 Å². The molecule has 12 heteroatoms. The van der Waals surface area contributed by atoms with Gasteiger partial charge in [0.25, 0.3) is 0 Å². The molecule has 3 rings (SSSR count). The van der Waals surface area contributed by atoms with Crippen molar-refractivity contribution < 1.29 is 35.1 Å². The Morgan fingerprint density at radius 3 is 2.00 bits per heavy atom. The van der Waals surface area contributed by atoms with Crippen molar-refractivity contribution in [2.24, 2.45) is 0 Å². The van der Waals surface area contributed by atoms with Gasteiger partial charge < -0.3 is 9.47 Å². The first-order valence-corrected chi connectivity index (χ1v) is 12.5. The molecule has 31 heavy (non-hydrogen) atoms. The molecule has 0 bridgehead atoms. The van der Waals surface area contributed by atoms with Gasteiger partial charge in [-0.3, -0.25) is 0 Å². The summed E-state index contributed by atoms with van der Waals surface area (Å²) in [7, 11) is -8.05. The van der Waals surface area contributed by atoms with Gasteiger partial charge in [0, 0.05) is 19.2 Å². The second-order valence-corrected chi connectivity index (χ2v) is 10.2. The lowest BCUT2D eigenvalue weighted by Crippen LogP contribution is -2.27. The van der Waals surface area contributed by atoms with Gasteiger partial charge in [0.15, 0.2) is 16.4 Å². The second kappa shape index (κ2) is 9.90. The number of fused-ring (bicyclic) bond motifs is 1. The van der Waals surface area contributed by atoms with Gasteiger partial charge in [-0.15, -0.1) is 0 Å². The topological polar surface area (TPSA) is 111 Å². The summed E-state index contributed by atoms with van der Waals surface area (Å²) < 4.78 is 91.5. The minimum absolute atomic E-state index is 0.0367. The average Bonchev–Trinajstić information content (AvgIpc) is 2.72. The van der Waals surface area contributed by atoms with Crippen molar-refractivity contribution in [1.82, 2.24) is 9.44 Å². The van der Waals surface area contributed by atoms with Crippen LogP contribution in [-0.2, 0) is 20.0 Å². The van der Waals surface area contributed by atoms with E-state index in [1.807, 2.05) is 0 Å². The first kappa shape index (κ1) is 23.4. The zero-order valence-corrected chi connectivity index (χ0v) is 18.1. The number of ether oxygens (including phenoxy) is 2. The molecule has 0 saturated carbocycles. The van der Waals surface area contributed by atoms with E-state index < -0.39 is 36.6 Å². The maximum atomic E-state index is 13.6. The van der Waals surface area contributed by atoms with Crippen LogP contribution in [0.2, 0.25) is 0 Å². The number of benzene rings is 2. The Balaban J connectivity index is 1.42. The highest BCUT2D eigenvalue weighted by Gasteiger charge is 2.23. The number of hydrogen-bond acceptors (Lipinski definition) is 6. The summed E-state index contributed by atoms with van der Waals surface area (Å²) in [6.07, 6.45) is 1.30. The van der Waals surface area contributed by atoms with Crippen molar-refractivity contribution in [3.63, 3.8) is 0 Å². The summed E-state index contributed by atoms with van der Waals surface area (Å²) >= 11 is 0. The minimum atomic E-state index is -4.31. The molecule has 2 aromatic carbocycles. The van der Waals surface area contributed by atoms with Crippen LogP contribution in [0.15, 0.2) is 46.2 Å². The molecule has 170 valence electrons. The van der Waals surface area contributed by atoms with Crippen LogP contribution in [0.4, 0.5) is 8.78 Å². The number of unbranched alkanes of at least 4 members (excludes halogenated alkanes) is 2. The molecule has 0 radical (unpaired) electrons. The van der Waals surface area contributed by atoms with Gasteiger partial charge in [-0.05, 0) is 37.1 Å². The normalized spacial score (nSPS) is 13.9. The van der Waals surface area contributed by atoms with Crippen LogP contribution in [0.1, 0.15) is 19.3 Å². The molecule has 0 unspecified atom stereocenters. The summed E-state index contributed by atoms with van der Waals surface area (Å²) in [5.41, 5.74) is 0. The molecule has 0 spiro atoms. The van der Waals surface area contributed by atoms with E-state index in [1.165, 1.54) is 18.2 Å². The fraction of sp³-hybridized carbons (Fsp3) is 0.368. The van der Waals surface area contributed by atoms with E-state index >= 15 is 0 Å². The molecular weight excluding hydrogens is 454 g/mol. The predicted octanol–water partition coefficient (Wildman–Crippen LogP) is 2.16. The summed E-state index contributed by atoms with van der Waals surface area (Å²) in [5.74, 6) is -1.47. The van der Waals surface area contributed by atoms with Crippen LogP contribution in [-0.4, -0.2) is 43.1 Å².